The average Bonchev–Trinajstić information content (AvgIpc) is 2.07. The SMILES string of the molecule is CC(C)(C)ONC(=O)CC1(CN)CCC1. The van der Waals surface area contributed by atoms with Gasteiger partial charge in [-0.15, -0.1) is 0 Å². The number of nitrogens with two attached hydrogens (primary N) is 1. The molecule has 1 aliphatic rings. The summed E-state index contributed by atoms with van der Waals surface area (Å²) in [6.45, 7) is 6.29. The summed E-state index contributed by atoms with van der Waals surface area (Å²) in [5.41, 5.74) is 7.87. The van der Waals surface area contributed by atoms with Gasteiger partial charge in [-0.2, -0.15) is 0 Å². The number of hydrogen-bond donors (Lipinski definition) is 2. The number of carbonyl (C=O) groups excluding carboxylic acids is 1. The molecule has 0 aromatic heterocycles. The van der Waals surface area contributed by atoms with E-state index in [2.05, 4.69) is 5.48 Å². The summed E-state index contributed by atoms with van der Waals surface area (Å²) in [7, 11) is 0. The zero-order valence-electron chi connectivity index (χ0n) is 9.93. The Labute approximate surface area is 91.5 Å². The second kappa shape index (κ2) is 4.49. The largest absolute Gasteiger partial charge is 0.330 e. The van der Waals surface area contributed by atoms with E-state index >= 15 is 0 Å². The first-order chi connectivity index (χ1) is 6.87. The summed E-state index contributed by atoms with van der Waals surface area (Å²) < 4.78 is 0. The van der Waals surface area contributed by atoms with Crippen LogP contribution in [0.5, 0.6) is 0 Å². The van der Waals surface area contributed by atoms with E-state index in [0.717, 1.165) is 12.8 Å². The Bertz CT molecular complexity index is 224. The molecule has 1 saturated carbocycles. The maximum atomic E-state index is 11.6. The first-order valence-corrected chi connectivity index (χ1v) is 5.54. The Morgan fingerprint density at radius 1 is 1.47 bits per heavy atom. The fourth-order valence-corrected chi connectivity index (χ4v) is 1.72. The Morgan fingerprint density at radius 3 is 2.40 bits per heavy atom. The van der Waals surface area contributed by atoms with Crippen molar-refractivity contribution in [3.8, 4) is 0 Å². The van der Waals surface area contributed by atoms with Crippen molar-refractivity contribution in [1.29, 1.82) is 0 Å². The molecule has 1 rings (SSSR count). The molecule has 0 spiro atoms. The van der Waals surface area contributed by atoms with Crippen LogP contribution in [0, 0.1) is 5.41 Å². The standard InChI is InChI=1S/C11H22N2O2/c1-10(2,3)15-13-9(14)7-11(8-12)5-4-6-11/h4-8,12H2,1-3H3,(H,13,14). The third-order valence-corrected chi connectivity index (χ3v) is 2.85. The van der Waals surface area contributed by atoms with E-state index in [1.807, 2.05) is 20.8 Å². The Kier molecular flexibility index (Phi) is 3.73. The van der Waals surface area contributed by atoms with Crippen LogP contribution in [0.15, 0.2) is 0 Å². The average molecular weight is 214 g/mol. The molecule has 1 aliphatic carbocycles. The van der Waals surface area contributed by atoms with Crippen LogP contribution in [0.3, 0.4) is 0 Å². The van der Waals surface area contributed by atoms with E-state index in [1.165, 1.54) is 6.42 Å². The van der Waals surface area contributed by atoms with Crippen LogP contribution in [0.1, 0.15) is 46.5 Å². The van der Waals surface area contributed by atoms with Crippen molar-refractivity contribution in [2.45, 2.75) is 52.1 Å². The second-order valence-electron chi connectivity index (χ2n) is 5.47. The number of hydrogen-bond acceptors (Lipinski definition) is 3. The fourth-order valence-electron chi connectivity index (χ4n) is 1.72. The molecule has 4 nitrogen and oxygen atoms in total. The van der Waals surface area contributed by atoms with Crippen molar-refractivity contribution in [2.24, 2.45) is 11.1 Å². The van der Waals surface area contributed by atoms with Crippen molar-refractivity contribution < 1.29 is 9.63 Å². The molecule has 0 bridgehead atoms. The van der Waals surface area contributed by atoms with Gasteiger partial charge in [0.15, 0.2) is 0 Å². The van der Waals surface area contributed by atoms with E-state index in [0.29, 0.717) is 13.0 Å². The smallest absolute Gasteiger partial charge is 0.244 e. The highest BCUT2D eigenvalue weighted by Gasteiger charge is 2.37. The summed E-state index contributed by atoms with van der Waals surface area (Å²) >= 11 is 0. The molecule has 0 unspecified atom stereocenters. The quantitative estimate of drug-likeness (QED) is 0.694. The molecule has 1 fully saturated rings. The van der Waals surface area contributed by atoms with E-state index in [4.69, 9.17) is 10.6 Å². The van der Waals surface area contributed by atoms with Gasteiger partial charge in [0.05, 0.1) is 5.60 Å². The molecule has 15 heavy (non-hydrogen) atoms. The van der Waals surface area contributed by atoms with Gasteiger partial charge in [-0.05, 0) is 45.6 Å². The zero-order chi connectivity index (χ0) is 11.5. The van der Waals surface area contributed by atoms with Crippen LogP contribution < -0.4 is 11.2 Å². The van der Waals surface area contributed by atoms with Crippen LogP contribution >= 0.6 is 0 Å². The van der Waals surface area contributed by atoms with Crippen molar-refractivity contribution in [3.05, 3.63) is 0 Å². The predicted octanol–water partition coefficient (Wildman–Crippen LogP) is 1.35. The second-order valence-corrected chi connectivity index (χ2v) is 5.47. The molecule has 0 aromatic rings. The monoisotopic (exact) mass is 214 g/mol. The molecule has 88 valence electrons. The third kappa shape index (κ3) is 3.80. The third-order valence-electron chi connectivity index (χ3n) is 2.85. The first kappa shape index (κ1) is 12.5. The molecule has 0 radical (unpaired) electrons. The van der Waals surface area contributed by atoms with E-state index < -0.39 is 0 Å². The van der Waals surface area contributed by atoms with Crippen LogP contribution in [0.25, 0.3) is 0 Å². The van der Waals surface area contributed by atoms with E-state index in [-0.39, 0.29) is 16.9 Å². The predicted molar refractivity (Wildman–Crippen MR) is 58.9 cm³/mol. The first-order valence-electron chi connectivity index (χ1n) is 5.54. The van der Waals surface area contributed by atoms with Crippen molar-refractivity contribution in [2.75, 3.05) is 6.54 Å². The minimum atomic E-state index is -0.342. The molecule has 0 heterocycles. The maximum absolute atomic E-state index is 11.6. The van der Waals surface area contributed by atoms with Gasteiger partial charge in [0.1, 0.15) is 0 Å². The van der Waals surface area contributed by atoms with E-state index in [9.17, 15) is 4.79 Å². The van der Waals surface area contributed by atoms with Gasteiger partial charge in [0.25, 0.3) is 0 Å². The summed E-state index contributed by atoms with van der Waals surface area (Å²) in [6, 6.07) is 0. The lowest BCUT2D eigenvalue weighted by Crippen LogP contribution is -2.43. The number of hydroxylamine groups is 1. The van der Waals surface area contributed by atoms with Crippen molar-refractivity contribution in [3.63, 3.8) is 0 Å². The van der Waals surface area contributed by atoms with Crippen LogP contribution in [-0.4, -0.2) is 18.1 Å². The van der Waals surface area contributed by atoms with E-state index in [1.54, 1.807) is 0 Å². The molecule has 0 saturated heterocycles. The summed E-state index contributed by atoms with van der Waals surface area (Å²) in [5, 5.41) is 0. The van der Waals surface area contributed by atoms with Gasteiger partial charge in [0.2, 0.25) is 5.91 Å². The molecule has 1 amide bonds. The van der Waals surface area contributed by atoms with Crippen LogP contribution in [0.2, 0.25) is 0 Å². The highest BCUT2D eigenvalue weighted by Crippen LogP contribution is 2.42. The van der Waals surface area contributed by atoms with Gasteiger partial charge in [0, 0.05) is 6.42 Å². The van der Waals surface area contributed by atoms with Crippen molar-refractivity contribution in [1.82, 2.24) is 5.48 Å². The lowest BCUT2D eigenvalue weighted by atomic mass is 9.66. The molecule has 0 aromatic carbocycles. The normalized spacial score (nSPS) is 19.5. The molecule has 4 heteroatoms. The minimum Gasteiger partial charge on any atom is -0.330 e. The number of nitrogens with one attached hydrogen (secondary N) is 1. The van der Waals surface area contributed by atoms with Crippen LogP contribution in [-0.2, 0) is 9.63 Å². The Balaban J connectivity index is 2.29. The fraction of sp³-hybridized carbons (Fsp3) is 0.909. The lowest BCUT2D eigenvalue weighted by molar-refractivity contribution is -0.149. The number of amides is 1. The van der Waals surface area contributed by atoms with Gasteiger partial charge in [-0.1, -0.05) is 6.42 Å². The van der Waals surface area contributed by atoms with Crippen molar-refractivity contribution >= 4 is 5.91 Å². The number of carbonyl (C=O) groups is 1. The summed E-state index contributed by atoms with van der Waals surface area (Å²) in [5.74, 6) is -0.0601. The highest BCUT2D eigenvalue weighted by atomic mass is 16.7. The minimum absolute atomic E-state index is 0.0470. The van der Waals surface area contributed by atoms with Gasteiger partial charge >= 0.3 is 0 Å². The molecule has 0 atom stereocenters. The maximum Gasteiger partial charge on any atom is 0.244 e. The summed E-state index contributed by atoms with van der Waals surface area (Å²) in [4.78, 5) is 16.8. The van der Waals surface area contributed by atoms with Gasteiger partial charge in [-0.3, -0.25) is 9.63 Å². The number of rotatable bonds is 4. The molecular weight excluding hydrogens is 192 g/mol. The molecule has 3 N–H and O–H groups in total. The molecule has 0 aliphatic heterocycles. The zero-order valence-corrected chi connectivity index (χ0v) is 9.93. The topological polar surface area (TPSA) is 64.3 Å². The van der Waals surface area contributed by atoms with Gasteiger partial charge < -0.3 is 5.73 Å². The Hall–Kier alpha value is -0.610. The van der Waals surface area contributed by atoms with Crippen LogP contribution in [0.4, 0.5) is 0 Å². The highest BCUT2D eigenvalue weighted by molar-refractivity contribution is 5.75. The lowest BCUT2D eigenvalue weighted by Gasteiger charge is -2.40. The summed E-state index contributed by atoms with van der Waals surface area (Å²) in [6.07, 6.45) is 3.79. The van der Waals surface area contributed by atoms with Gasteiger partial charge in [-0.25, -0.2) is 5.48 Å². The Morgan fingerprint density at radius 2 is 2.07 bits per heavy atom. The molecular formula is C11H22N2O2.